The first-order chi connectivity index (χ1) is 4.20. The molecule has 0 bridgehead atoms. The van der Waals surface area contributed by atoms with E-state index < -0.39 is 4.92 Å². The van der Waals surface area contributed by atoms with Gasteiger partial charge in [0.15, 0.2) is 6.67 Å². The summed E-state index contributed by atoms with van der Waals surface area (Å²) < 4.78 is 0. The molecule has 0 saturated carbocycles. The monoisotopic (exact) mass is 127 g/mol. The highest BCUT2D eigenvalue weighted by atomic mass is 16.6. The highest BCUT2D eigenvalue weighted by Crippen LogP contribution is 2.01. The Bertz CT molecular complexity index is 165. The van der Waals surface area contributed by atoms with Crippen LogP contribution in [0.3, 0.4) is 0 Å². The fraction of sp³-hybridized carbons (Fsp3) is 0.500. The molecule has 48 valence electrons. The third kappa shape index (κ3) is 1.23. The van der Waals surface area contributed by atoms with Crippen molar-refractivity contribution in [2.24, 2.45) is 4.99 Å². The normalized spacial score (nSPS) is 19.9. The second-order valence-electron chi connectivity index (χ2n) is 1.69. The molecule has 1 rings (SSSR count). The summed E-state index contributed by atoms with van der Waals surface area (Å²) in [4.78, 5) is 14.5. The van der Waals surface area contributed by atoms with Crippen LogP contribution in [-0.2, 0) is 0 Å². The summed E-state index contributed by atoms with van der Waals surface area (Å²) >= 11 is 0. The Morgan fingerprint density at radius 1 is 2.00 bits per heavy atom. The maximum atomic E-state index is 9.93. The van der Waals surface area contributed by atoms with Crippen LogP contribution in [0.1, 0.15) is 0 Å². The van der Waals surface area contributed by atoms with E-state index in [0.717, 1.165) is 0 Å². The van der Waals surface area contributed by atoms with Crippen LogP contribution in [0, 0.1) is 16.7 Å². The molecule has 1 aliphatic heterocycles. The topological polar surface area (TPSA) is 58.7 Å². The van der Waals surface area contributed by atoms with Gasteiger partial charge in [-0.2, -0.15) is 0 Å². The van der Waals surface area contributed by atoms with Crippen molar-refractivity contribution in [2.45, 2.75) is 0 Å². The molecule has 0 unspecified atom stereocenters. The second kappa shape index (κ2) is 2.10. The summed E-state index contributed by atoms with van der Waals surface area (Å²) in [6.45, 7) is 2.78. The summed E-state index contributed by atoms with van der Waals surface area (Å²) in [6.07, 6.45) is 0. The van der Waals surface area contributed by atoms with Gasteiger partial charge in [0.05, 0.1) is 0 Å². The lowest BCUT2D eigenvalue weighted by Gasteiger charge is -1.95. The summed E-state index contributed by atoms with van der Waals surface area (Å²) in [5, 5.41) is 9.93. The van der Waals surface area contributed by atoms with Crippen molar-refractivity contribution in [2.75, 3.05) is 13.7 Å². The molecule has 0 aromatic rings. The minimum absolute atomic E-state index is 0.183. The summed E-state index contributed by atoms with van der Waals surface area (Å²) in [6, 6.07) is 0. The van der Waals surface area contributed by atoms with E-state index in [-0.39, 0.29) is 5.84 Å². The smallest absolute Gasteiger partial charge is 0.358 e. The van der Waals surface area contributed by atoms with Crippen molar-refractivity contribution < 1.29 is 4.92 Å². The van der Waals surface area contributed by atoms with Crippen LogP contribution >= 0.6 is 0 Å². The largest absolute Gasteiger partial charge is 0.360 e. The predicted molar refractivity (Wildman–Crippen MR) is 30.3 cm³/mol. The van der Waals surface area contributed by atoms with Crippen LogP contribution in [0.4, 0.5) is 0 Å². The van der Waals surface area contributed by atoms with E-state index in [1.165, 1.54) is 4.90 Å². The molecule has 0 atom stereocenters. The summed E-state index contributed by atoms with van der Waals surface area (Å²) in [5.41, 5.74) is 0. The number of hydrogen-bond acceptors (Lipinski definition) is 4. The molecule has 0 N–H and O–H groups in total. The fourth-order valence-electron chi connectivity index (χ4n) is 0.513. The maximum Gasteiger partial charge on any atom is 0.360 e. The van der Waals surface area contributed by atoms with Gasteiger partial charge in [-0.15, -0.1) is 0 Å². The number of aliphatic imine (C=N–C) groups is 1. The van der Waals surface area contributed by atoms with Crippen LogP contribution in [0.2, 0.25) is 0 Å². The first-order valence-electron chi connectivity index (χ1n) is 2.37. The van der Waals surface area contributed by atoms with E-state index >= 15 is 0 Å². The lowest BCUT2D eigenvalue weighted by molar-refractivity contribution is -0.349. The third-order valence-corrected chi connectivity index (χ3v) is 0.896. The Hall–Kier alpha value is -0.970. The van der Waals surface area contributed by atoms with Gasteiger partial charge in [-0.05, 0) is 12.0 Å². The Morgan fingerprint density at radius 3 is 2.89 bits per heavy atom. The van der Waals surface area contributed by atoms with Gasteiger partial charge in [-0.1, -0.05) is 4.99 Å². The van der Waals surface area contributed by atoms with Crippen LogP contribution in [0.5, 0.6) is 0 Å². The molecule has 0 amide bonds. The average molecular weight is 127 g/mol. The zero-order valence-corrected chi connectivity index (χ0v) is 4.87. The summed E-state index contributed by atoms with van der Waals surface area (Å²) in [7, 11) is 1.68. The average Bonchev–Trinajstić information content (AvgIpc) is 2.14. The lowest BCUT2D eigenvalue weighted by Crippen LogP contribution is -2.16. The standard InChI is InChI=1S/C4H5N3O2/c1-6-2-4(5-3-6)7(8)9/h3H2,1H3. The minimum atomic E-state index is -0.552. The van der Waals surface area contributed by atoms with Crippen LogP contribution in [0.25, 0.3) is 0 Å². The quantitative estimate of drug-likeness (QED) is 0.328. The van der Waals surface area contributed by atoms with Crippen molar-refractivity contribution in [3.8, 4) is 0 Å². The van der Waals surface area contributed by atoms with Gasteiger partial charge in [0.2, 0.25) is 6.54 Å². The zero-order chi connectivity index (χ0) is 6.85. The number of nitrogens with zero attached hydrogens (tertiary/aromatic N) is 3. The van der Waals surface area contributed by atoms with Crippen LogP contribution < -0.4 is 0 Å². The Morgan fingerprint density at radius 2 is 2.67 bits per heavy atom. The SMILES string of the molecule is CN1[C]C([N+](=O)[O-])=NC1. The van der Waals surface area contributed by atoms with Crippen LogP contribution in [-0.4, -0.2) is 29.4 Å². The van der Waals surface area contributed by atoms with E-state index in [4.69, 9.17) is 0 Å². The molecular formula is C4H5N3O2. The molecule has 0 aromatic heterocycles. The molecule has 0 aromatic carbocycles. The van der Waals surface area contributed by atoms with Gasteiger partial charge < -0.3 is 10.1 Å². The van der Waals surface area contributed by atoms with E-state index in [0.29, 0.717) is 6.67 Å². The molecule has 5 nitrogen and oxygen atoms in total. The Kier molecular flexibility index (Phi) is 1.44. The van der Waals surface area contributed by atoms with Gasteiger partial charge in [0, 0.05) is 0 Å². The van der Waals surface area contributed by atoms with Crippen molar-refractivity contribution in [1.82, 2.24) is 4.90 Å². The van der Waals surface area contributed by atoms with Crippen molar-refractivity contribution in [3.05, 3.63) is 16.7 Å². The highest BCUT2D eigenvalue weighted by Gasteiger charge is 2.24. The van der Waals surface area contributed by atoms with Crippen molar-refractivity contribution in [1.29, 1.82) is 0 Å². The molecule has 0 fully saturated rings. The Labute approximate surface area is 52.1 Å². The summed E-state index contributed by atoms with van der Waals surface area (Å²) in [5.74, 6) is -0.183. The number of hydrogen-bond donors (Lipinski definition) is 0. The first-order valence-corrected chi connectivity index (χ1v) is 2.37. The molecule has 2 radical (unpaired) electrons. The van der Waals surface area contributed by atoms with Crippen molar-refractivity contribution >= 4 is 5.84 Å². The second-order valence-corrected chi connectivity index (χ2v) is 1.69. The van der Waals surface area contributed by atoms with E-state index in [1.54, 1.807) is 7.05 Å². The predicted octanol–water partition coefficient (Wildman–Crippen LogP) is -0.397. The van der Waals surface area contributed by atoms with Gasteiger partial charge >= 0.3 is 5.84 Å². The molecule has 5 heteroatoms. The molecule has 0 saturated heterocycles. The molecular weight excluding hydrogens is 122 g/mol. The minimum Gasteiger partial charge on any atom is -0.358 e. The fourth-order valence-corrected chi connectivity index (χ4v) is 0.513. The number of amidine groups is 1. The van der Waals surface area contributed by atoms with Gasteiger partial charge in [0.1, 0.15) is 0 Å². The number of rotatable bonds is 0. The maximum absolute atomic E-state index is 9.93. The number of likely N-dealkylation sites (N-methyl/N-ethyl adjacent to an activating group) is 1. The first kappa shape index (κ1) is 6.15. The third-order valence-electron chi connectivity index (χ3n) is 0.896. The van der Waals surface area contributed by atoms with Crippen molar-refractivity contribution in [3.63, 3.8) is 0 Å². The zero-order valence-electron chi connectivity index (χ0n) is 4.87. The van der Waals surface area contributed by atoms with Gasteiger partial charge in [-0.25, -0.2) is 4.90 Å². The molecule has 1 heterocycles. The van der Waals surface area contributed by atoms with E-state index in [9.17, 15) is 10.1 Å². The van der Waals surface area contributed by atoms with Crippen LogP contribution in [0.15, 0.2) is 4.99 Å². The van der Waals surface area contributed by atoms with E-state index in [2.05, 4.69) is 11.5 Å². The van der Waals surface area contributed by atoms with Gasteiger partial charge in [0.25, 0.3) is 0 Å². The lowest BCUT2D eigenvalue weighted by atomic mass is 10.6. The molecule has 0 spiro atoms. The highest BCUT2D eigenvalue weighted by molar-refractivity contribution is 5.83. The van der Waals surface area contributed by atoms with E-state index in [1.807, 2.05) is 0 Å². The number of nitro groups is 1. The van der Waals surface area contributed by atoms with Gasteiger partial charge in [-0.3, -0.25) is 0 Å². The molecule has 0 aliphatic carbocycles. The Balaban J connectivity index is 2.55. The molecule has 9 heavy (non-hydrogen) atoms. The molecule has 1 aliphatic rings.